The number of nitrogens with one attached hydrogen (secondary N) is 7. The Morgan fingerprint density at radius 3 is 1.13 bits per heavy atom. The van der Waals surface area contributed by atoms with Crippen LogP contribution in [-0.4, -0.2) is 61.8 Å². The van der Waals surface area contributed by atoms with E-state index in [4.69, 9.17) is 0 Å². The quantitative estimate of drug-likeness (QED) is 0.185. The van der Waals surface area contributed by atoms with Crippen LogP contribution in [0.5, 0.6) is 0 Å². The summed E-state index contributed by atoms with van der Waals surface area (Å²) in [6.45, 7) is 24.6. The topological polar surface area (TPSA) is 123 Å². The highest BCUT2D eigenvalue weighted by Gasteiger charge is 2.04. The van der Waals surface area contributed by atoms with Crippen LogP contribution in [0.15, 0.2) is 0 Å². The van der Waals surface area contributed by atoms with E-state index in [0.717, 1.165) is 26.4 Å². The smallest absolute Gasteiger partial charge is 0.230 e. The van der Waals surface area contributed by atoms with Gasteiger partial charge < -0.3 is 26.6 Å². The highest BCUT2D eigenvalue weighted by Crippen LogP contribution is 2.07. The highest BCUT2D eigenvalue weighted by molar-refractivity contribution is 5.41. The van der Waals surface area contributed by atoms with Gasteiger partial charge in [-0.05, 0) is 13.1 Å². The monoisotopic (exact) mass is 432 g/mol. The summed E-state index contributed by atoms with van der Waals surface area (Å²) >= 11 is 0. The van der Waals surface area contributed by atoms with E-state index in [0.29, 0.717) is 31.2 Å². The molecular formula is C20H52N10. The third-order valence-electron chi connectivity index (χ3n) is 2.60. The van der Waals surface area contributed by atoms with Gasteiger partial charge in [0, 0.05) is 20.4 Å². The molecule has 0 aliphatic heterocycles. The molecule has 0 aliphatic rings. The molecule has 0 unspecified atom stereocenters. The van der Waals surface area contributed by atoms with E-state index in [2.05, 4.69) is 66.0 Å². The van der Waals surface area contributed by atoms with E-state index < -0.39 is 0 Å². The first-order valence-corrected chi connectivity index (χ1v) is 11.5. The molecular weight excluding hydrogens is 380 g/mol. The zero-order valence-electron chi connectivity index (χ0n) is 21.6. The molecule has 0 aliphatic carbocycles. The van der Waals surface area contributed by atoms with Gasteiger partial charge in [0.05, 0.1) is 13.3 Å². The Morgan fingerprint density at radius 2 is 0.833 bits per heavy atom. The van der Waals surface area contributed by atoms with Crippen LogP contribution in [0.2, 0.25) is 0 Å². The fraction of sp³-hybridized carbons (Fsp3) is 0.850. The highest BCUT2D eigenvalue weighted by atomic mass is 15.3. The first-order chi connectivity index (χ1) is 14.8. The van der Waals surface area contributed by atoms with Crippen LogP contribution in [0.3, 0.4) is 0 Å². The van der Waals surface area contributed by atoms with Crippen molar-refractivity contribution < 1.29 is 0 Å². The molecule has 182 valence electrons. The van der Waals surface area contributed by atoms with Crippen molar-refractivity contribution in [3.8, 4) is 0 Å². The predicted molar refractivity (Wildman–Crippen MR) is 135 cm³/mol. The first kappa shape index (κ1) is 35.7. The van der Waals surface area contributed by atoms with E-state index >= 15 is 0 Å². The van der Waals surface area contributed by atoms with Crippen LogP contribution in [0.4, 0.5) is 17.8 Å². The van der Waals surface area contributed by atoms with E-state index in [-0.39, 0.29) is 0 Å². The van der Waals surface area contributed by atoms with Crippen molar-refractivity contribution in [3.63, 3.8) is 0 Å². The maximum absolute atomic E-state index is 4.31. The summed E-state index contributed by atoms with van der Waals surface area (Å²) in [7, 11) is 1.77. The maximum Gasteiger partial charge on any atom is 0.230 e. The number of hydrogen-bond acceptors (Lipinski definition) is 10. The Bertz CT molecular complexity index is 373. The molecule has 10 heteroatoms. The van der Waals surface area contributed by atoms with Gasteiger partial charge in [-0.25, -0.2) is 0 Å². The number of aromatic nitrogens is 3. The minimum atomic E-state index is 0.512. The summed E-state index contributed by atoms with van der Waals surface area (Å²) < 4.78 is 0. The van der Waals surface area contributed by atoms with Crippen molar-refractivity contribution in [2.75, 3.05) is 62.8 Å². The SMILES string of the molecule is CC.CC.CC.CC.CCNCNCNc1nc(NC)nc(NCNCNCC)n1. The standard InChI is InChI=1S/C12H28N10.4C2H6/c1-4-14-6-16-8-18-11-20-10(13-3)21-12(22-11)19-9-17-7-15-5-2;4*1-2/h14-17H,4-9H2,1-3H3,(H3,13,18,19,20,21,22);4*1-2H3. The fourth-order valence-electron chi connectivity index (χ4n) is 1.48. The van der Waals surface area contributed by atoms with E-state index in [1.54, 1.807) is 7.05 Å². The van der Waals surface area contributed by atoms with Crippen molar-refractivity contribution in [3.05, 3.63) is 0 Å². The molecule has 0 atom stereocenters. The lowest BCUT2D eigenvalue weighted by Gasteiger charge is -2.11. The Morgan fingerprint density at radius 1 is 0.500 bits per heavy atom. The van der Waals surface area contributed by atoms with Gasteiger partial charge in [-0.1, -0.05) is 69.2 Å². The molecule has 30 heavy (non-hydrogen) atoms. The number of nitrogens with zero attached hydrogens (tertiary/aromatic N) is 3. The summed E-state index contributed by atoms with van der Waals surface area (Å²) in [6, 6.07) is 0. The normalized spacial score (nSPS) is 8.50. The zero-order valence-corrected chi connectivity index (χ0v) is 21.6. The second kappa shape index (κ2) is 34.7. The molecule has 7 N–H and O–H groups in total. The molecule has 0 bridgehead atoms. The molecule has 0 fully saturated rings. The molecule has 0 aromatic carbocycles. The number of anilines is 3. The van der Waals surface area contributed by atoms with Crippen molar-refractivity contribution in [2.24, 2.45) is 0 Å². The summed E-state index contributed by atoms with van der Waals surface area (Å²) in [5.41, 5.74) is 0. The minimum Gasteiger partial charge on any atom is -0.357 e. The summed E-state index contributed by atoms with van der Waals surface area (Å²) in [4.78, 5) is 12.8. The largest absolute Gasteiger partial charge is 0.357 e. The summed E-state index contributed by atoms with van der Waals surface area (Å²) in [6.07, 6.45) is 0. The molecule has 1 rings (SSSR count). The summed E-state index contributed by atoms with van der Waals surface area (Å²) in [5.74, 6) is 1.54. The van der Waals surface area contributed by atoms with Crippen molar-refractivity contribution in [1.29, 1.82) is 0 Å². The van der Waals surface area contributed by atoms with Gasteiger partial charge in [-0.15, -0.1) is 0 Å². The first-order valence-electron chi connectivity index (χ1n) is 11.5. The Labute approximate surface area is 186 Å². The van der Waals surface area contributed by atoms with Gasteiger partial charge in [0.25, 0.3) is 0 Å². The molecule has 0 saturated carbocycles. The zero-order chi connectivity index (χ0) is 24.0. The number of rotatable bonds is 13. The van der Waals surface area contributed by atoms with Crippen LogP contribution in [0.25, 0.3) is 0 Å². The van der Waals surface area contributed by atoms with E-state index in [1.165, 1.54) is 0 Å². The second-order valence-electron chi connectivity index (χ2n) is 4.32. The predicted octanol–water partition coefficient (Wildman–Crippen LogP) is 3.07. The molecule has 1 heterocycles. The van der Waals surface area contributed by atoms with Crippen LogP contribution >= 0.6 is 0 Å². The second-order valence-corrected chi connectivity index (χ2v) is 4.32. The molecule has 1 aromatic heterocycles. The molecule has 0 spiro atoms. The van der Waals surface area contributed by atoms with Gasteiger partial charge in [-0.3, -0.25) is 10.6 Å². The summed E-state index contributed by atoms with van der Waals surface area (Å²) in [5, 5.41) is 21.8. The third kappa shape index (κ3) is 24.3. The van der Waals surface area contributed by atoms with Gasteiger partial charge in [0.15, 0.2) is 0 Å². The third-order valence-corrected chi connectivity index (χ3v) is 2.60. The Balaban J connectivity index is -0.000000376. The number of hydrogen-bond donors (Lipinski definition) is 7. The van der Waals surface area contributed by atoms with E-state index in [1.807, 2.05) is 55.4 Å². The molecule has 0 radical (unpaired) electrons. The van der Waals surface area contributed by atoms with Crippen LogP contribution in [0, 0.1) is 0 Å². The lowest BCUT2D eigenvalue weighted by molar-refractivity contribution is 0.616. The van der Waals surface area contributed by atoms with Crippen LogP contribution in [-0.2, 0) is 0 Å². The molecule has 10 nitrogen and oxygen atoms in total. The van der Waals surface area contributed by atoms with Crippen LogP contribution in [0.1, 0.15) is 69.2 Å². The van der Waals surface area contributed by atoms with Crippen molar-refractivity contribution in [2.45, 2.75) is 69.2 Å². The molecule has 0 amide bonds. The van der Waals surface area contributed by atoms with Gasteiger partial charge >= 0.3 is 0 Å². The van der Waals surface area contributed by atoms with E-state index in [9.17, 15) is 0 Å². The van der Waals surface area contributed by atoms with Gasteiger partial charge in [-0.2, -0.15) is 15.0 Å². The lowest BCUT2D eigenvalue weighted by Crippen LogP contribution is -2.33. The average molecular weight is 433 g/mol. The average Bonchev–Trinajstić information content (AvgIpc) is 2.84. The van der Waals surface area contributed by atoms with Crippen LogP contribution < -0.4 is 37.2 Å². The Hall–Kier alpha value is -1.75. The minimum absolute atomic E-state index is 0.512. The lowest BCUT2D eigenvalue weighted by atomic mass is 10.7. The van der Waals surface area contributed by atoms with Gasteiger partial charge in [0.1, 0.15) is 0 Å². The maximum atomic E-state index is 4.31. The molecule has 1 aromatic rings. The Kier molecular flexibility index (Phi) is 41.3. The van der Waals surface area contributed by atoms with Crippen molar-refractivity contribution in [1.82, 2.24) is 36.2 Å². The fourth-order valence-corrected chi connectivity index (χ4v) is 1.48. The van der Waals surface area contributed by atoms with Crippen molar-refractivity contribution >= 4 is 17.8 Å². The van der Waals surface area contributed by atoms with Gasteiger partial charge in [0.2, 0.25) is 17.8 Å². The molecule has 0 saturated heterocycles.